The Labute approximate surface area is 352 Å². The summed E-state index contributed by atoms with van der Waals surface area (Å²) in [7, 11) is -13.4. The number of anilines is 4. The number of carbonyl (C=O) groups excluding carboxylic acids is 1. The minimum atomic E-state index is -4.56. The standard InChI is InChI=1S/C38H34N8O9S5/c1-5-33(48)39-31-19-30(40-41-37-34-22(4)42-57-38(34)43-56-37)35-27(36(31)49)13-8-14-28(35)45-60(54,55)26-12-7-11-25(18-26)58(50,51)44-23-9-6-10-24(17-23)59(52,53)46-29-15-20(2)21(3)16-32(29)47/h6-19,44-47,49H,5H2,1-4H3,(H,39,48). The first kappa shape index (κ1) is 41.9. The predicted octanol–water partition coefficient (Wildman–Crippen LogP) is 8.41. The van der Waals surface area contributed by atoms with E-state index >= 15 is 0 Å². The Morgan fingerprint density at radius 3 is 1.98 bits per heavy atom. The number of benzene rings is 5. The molecule has 0 saturated carbocycles. The SMILES string of the molecule is CCC(=O)Nc1cc(N=Nc2snc3snc(C)c23)c2c(NS(=O)(=O)c3cccc(S(=O)(=O)Nc4cccc(S(=O)(=O)Nc5cc(C)c(C)cc5O)c4)c3)cccc2c1O. The van der Waals surface area contributed by atoms with Gasteiger partial charge in [-0.3, -0.25) is 19.0 Å². The number of nitrogens with zero attached hydrogens (tertiary/aromatic N) is 4. The number of hydrogen-bond donors (Lipinski definition) is 6. The summed E-state index contributed by atoms with van der Waals surface area (Å²) in [6.07, 6.45) is 0.105. The van der Waals surface area contributed by atoms with E-state index in [9.17, 15) is 40.3 Å². The molecule has 0 aliphatic carbocycles. The molecule has 60 heavy (non-hydrogen) atoms. The maximum atomic E-state index is 14.0. The Bertz CT molecular complexity index is 3240. The van der Waals surface area contributed by atoms with Crippen LogP contribution in [0.4, 0.5) is 33.4 Å². The van der Waals surface area contributed by atoms with E-state index in [0.29, 0.717) is 20.9 Å². The van der Waals surface area contributed by atoms with Gasteiger partial charge in [-0.1, -0.05) is 31.2 Å². The number of aryl methyl sites for hydroxylation is 3. The largest absolute Gasteiger partial charge is 0.506 e. The van der Waals surface area contributed by atoms with Crippen molar-refractivity contribution in [3.63, 3.8) is 0 Å². The Morgan fingerprint density at radius 1 is 0.667 bits per heavy atom. The molecule has 0 radical (unpaired) electrons. The van der Waals surface area contributed by atoms with Gasteiger partial charge in [0.05, 0.1) is 54.2 Å². The van der Waals surface area contributed by atoms with E-state index < -0.39 is 45.8 Å². The third kappa shape index (κ3) is 8.45. The van der Waals surface area contributed by atoms with E-state index in [0.717, 1.165) is 40.9 Å². The molecule has 2 heterocycles. The zero-order valence-corrected chi connectivity index (χ0v) is 36.0. The number of amides is 1. The average molecular weight is 907 g/mol. The van der Waals surface area contributed by atoms with E-state index in [1.165, 1.54) is 78.3 Å². The monoisotopic (exact) mass is 906 g/mol. The molecule has 0 saturated heterocycles. The molecular weight excluding hydrogens is 873 g/mol. The molecule has 17 nitrogen and oxygen atoms in total. The van der Waals surface area contributed by atoms with Crippen LogP contribution in [0.25, 0.3) is 21.0 Å². The van der Waals surface area contributed by atoms with E-state index in [2.05, 4.69) is 38.5 Å². The molecule has 5 aromatic carbocycles. The molecule has 7 rings (SSSR count). The molecule has 0 aliphatic rings. The number of hydrogen-bond acceptors (Lipinski definition) is 15. The maximum absolute atomic E-state index is 14.0. The van der Waals surface area contributed by atoms with Crippen LogP contribution >= 0.6 is 23.1 Å². The van der Waals surface area contributed by atoms with Crippen molar-refractivity contribution >= 4 is 113 Å². The summed E-state index contributed by atoms with van der Waals surface area (Å²) in [6.45, 7) is 6.93. The number of aromatic hydroxyl groups is 2. The minimum Gasteiger partial charge on any atom is -0.506 e. The van der Waals surface area contributed by atoms with Crippen molar-refractivity contribution in [3.8, 4) is 11.5 Å². The zero-order chi connectivity index (χ0) is 43.1. The lowest BCUT2D eigenvalue weighted by molar-refractivity contribution is -0.115. The molecule has 1 amide bonds. The van der Waals surface area contributed by atoms with Gasteiger partial charge in [0, 0.05) is 17.2 Å². The molecule has 6 N–H and O–H groups in total. The van der Waals surface area contributed by atoms with Gasteiger partial charge in [0.15, 0.2) is 9.83 Å². The van der Waals surface area contributed by atoms with Gasteiger partial charge in [-0.25, -0.2) is 25.3 Å². The minimum absolute atomic E-state index is 0.0107. The molecule has 7 aromatic rings. The lowest BCUT2D eigenvalue weighted by Crippen LogP contribution is -2.17. The molecule has 310 valence electrons. The fraction of sp³-hybridized carbons (Fsp3) is 0.132. The maximum Gasteiger partial charge on any atom is 0.262 e. The zero-order valence-electron chi connectivity index (χ0n) is 31.9. The lowest BCUT2D eigenvalue weighted by atomic mass is 10.0. The highest BCUT2D eigenvalue weighted by molar-refractivity contribution is 7.93. The number of phenolic OH excluding ortho intramolecular Hbond substituents is 2. The summed E-state index contributed by atoms with van der Waals surface area (Å²) in [6, 6.07) is 18.0. The highest BCUT2D eigenvalue weighted by Crippen LogP contribution is 2.45. The van der Waals surface area contributed by atoms with Gasteiger partial charge in [-0.15, -0.1) is 10.2 Å². The summed E-state index contributed by atoms with van der Waals surface area (Å²) < 4.78 is 97.5. The molecule has 0 fully saturated rings. The first-order valence-corrected chi connectivity index (χ1v) is 23.7. The molecule has 0 unspecified atom stereocenters. The number of aromatic nitrogens is 2. The first-order chi connectivity index (χ1) is 28.4. The number of carbonyl (C=O) groups is 1. The Balaban J connectivity index is 1.20. The highest BCUT2D eigenvalue weighted by Gasteiger charge is 2.24. The number of sulfonamides is 3. The molecule has 0 spiro atoms. The number of azo groups is 1. The van der Waals surface area contributed by atoms with Crippen molar-refractivity contribution in [2.45, 2.75) is 48.8 Å². The number of fused-ring (bicyclic) bond motifs is 2. The van der Waals surface area contributed by atoms with Crippen molar-refractivity contribution in [3.05, 3.63) is 102 Å². The van der Waals surface area contributed by atoms with Gasteiger partial charge in [-0.2, -0.15) is 8.75 Å². The number of rotatable bonds is 13. The van der Waals surface area contributed by atoms with Gasteiger partial charge >= 0.3 is 0 Å². The van der Waals surface area contributed by atoms with Crippen molar-refractivity contribution in [2.24, 2.45) is 10.2 Å². The quantitative estimate of drug-likeness (QED) is 0.0473. The van der Waals surface area contributed by atoms with Crippen molar-refractivity contribution in [2.75, 3.05) is 19.5 Å². The van der Waals surface area contributed by atoms with Gasteiger partial charge in [0.2, 0.25) is 5.91 Å². The van der Waals surface area contributed by atoms with Gasteiger partial charge in [0.1, 0.15) is 11.5 Å². The fourth-order valence-corrected chi connectivity index (χ4v) is 11.0. The van der Waals surface area contributed by atoms with Crippen LogP contribution in [-0.2, 0) is 34.9 Å². The summed E-state index contributed by atoms with van der Waals surface area (Å²) in [5, 5.41) is 34.4. The number of phenols is 2. The van der Waals surface area contributed by atoms with Gasteiger partial charge < -0.3 is 15.5 Å². The third-order valence-corrected chi connectivity index (χ3v) is 14.9. The second-order valence-electron chi connectivity index (χ2n) is 13.3. The summed E-state index contributed by atoms with van der Waals surface area (Å²) in [5.74, 6) is -1.05. The highest BCUT2D eigenvalue weighted by atomic mass is 32.2. The Kier molecular flexibility index (Phi) is 11.3. The van der Waals surface area contributed by atoms with Gasteiger partial charge in [0.25, 0.3) is 30.1 Å². The second-order valence-corrected chi connectivity index (χ2v) is 19.9. The molecular formula is C38H34N8O9S5. The molecule has 22 heteroatoms. The molecule has 0 atom stereocenters. The van der Waals surface area contributed by atoms with E-state index in [4.69, 9.17) is 0 Å². The first-order valence-electron chi connectivity index (χ1n) is 17.7. The van der Waals surface area contributed by atoms with E-state index in [1.807, 2.05) is 0 Å². The van der Waals surface area contributed by atoms with Gasteiger partial charge in [-0.05, 0) is 116 Å². The van der Waals surface area contributed by atoms with Crippen LogP contribution in [0.5, 0.6) is 11.5 Å². The topological polar surface area (TPSA) is 259 Å². The van der Waals surface area contributed by atoms with Crippen LogP contribution in [0, 0.1) is 20.8 Å². The smallest absolute Gasteiger partial charge is 0.262 e. The molecule has 0 bridgehead atoms. The van der Waals surface area contributed by atoms with Crippen LogP contribution in [0.2, 0.25) is 0 Å². The predicted molar refractivity (Wildman–Crippen MR) is 232 cm³/mol. The number of nitrogens with one attached hydrogen (secondary N) is 4. The summed E-state index contributed by atoms with van der Waals surface area (Å²) >= 11 is 2.29. The van der Waals surface area contributed by atoms with E-state index in [1.54, 1.807) is 27.7 Å². The lowest BCUT2D eigenvalue weighted by Gasteiger charge is -2.16. The normalized spacial score (nSPS) is 12.3. The summed E-state index contributed by atoms with van der Waals surface area (Å²) in [4.78, 5) is 11.8. The van der Waals surface area contributed by atoms with Crippen molar-refractivity contribution < 1.29 is 40.3 Å². The average Bonchev–Trinajstić information content (AvgIpc) is 3.79. The van der Waals surface area contributed by atoms with Crippen molar-refractivity contribution in [1.29, 1.82) is 0 Å². The van der Waals surface area contributed by atoms with Crippen LogP contribution in [0.15, 0.2) is 110 Å². The fourth-order valence-electron chi connectivity index (χ4n) is 5.95. The molecule has 0 aliphatic heterocycles. The van der Waals surface area contributed by atoms with Crippen LogP contribution < -0.4 is 19.5 Å². The molecule has 2 aromatic heterocycles. The second kappa shape index (κ2) is 16.1. The Hall–Kier alpha value is -6.20. The van der Waals surface area contributed by atoms with Crippen LogP contribution in [0.3, 0.4) is 0 Å². The van der Waals surface area contributed by atoms with E-state index in [-0.39, 0.29) is 62.0 Å². The van der Waals surface area contributed by atoms with Crippen LogP contribution in [0.1, 0.15) is 30.2 Å². The Morgan fingerprint density at radius 2 is 1.28 bits per heavy atom. The van der Waals surface area contributed by atoms with Crippen molar-refractivity contribution in [1.82, 2.24) is 8.75 Å². The van der Waals surface area contributed by atoms with Crippen LogP contribution in [-0.4, -0.2) is 50.1 Å². The third-order valence-electron chi connectivity index (χ3n) is 9.15. The summed E-state index contributed by atoms with van der Waals surface area (Å²) in [5.41, 5.74) is 1.98.